The first-order valence-corrected chi connectivity index (χ1v) is 46.8. The first-order valence-electron chi connectivity index (χ1n) is 44.2. The van der Waals surface area contributed by atoms with Gasteiger partial charge in [-0.3, -0.25) is 52.2 Å². The summed E-state index contributed by atoms with van der Waals surface area (Å²) in [4.78, 5) is 113. The zero-order valence-corrected chi connectivity index (χ0v) is 76.7. The van der Waals surface area contributed by atoms with Crippen LogP contribution in [-0.4, -0.2) is 179 Å². The Morgan fingerprint density at radius 3 is 1.74 bits per heavy atom. The molecule has 2 saturated heterocycles. The van der Waals surface area contributed by atoms with Gasteiger partial charge in [0.2, 0.25) is 17.8 Å². The minimum Gasteiger partial charge on any atom is -0.497 e. The highest BCUT2D eigenvalue weighted by atomic mass is 31.2. The topological polar surface area (TPSA) is 414 Å². The lowest BCUT2D eigenvalue weighted by Gasteiger charge is -2.37. The Morgan fingerprint density at radius 2 is 1.16 bits per heavy atom. The van der Waals surface area contributed by atoms with Gasteiger partial charge in [0, 0.05) is 88.0 Å². The molecule has 8 atom stereocenters. The number of phosphoric ester groups is 1. The molecule has 0 radical (unpaired) electrons. The Hall–Kier alpha value is -13.2. The van der Waals surface area contributed by atoms with E-state index in [0.717, 1.165) is 44.5 Å². The molecule has 36 heteroatoms. The smallest absolute Gasteiger partial charge is 0.475 e. The van der Waals surface area contributed by atoms with Crippen molar-refractivity contribution in [2.45, 2.75) is 146 Å². The largest absolute Gasteiger partial charge is 0.497 e. The standard InChI is InChI=1S/C98H104N14O20P2/c1-62(2)112(63(3)4)133(126-52-20-47-99)131-81-54-88(110-51-46-85(105-95(110)117)104-86(113)32-19-50-109(5)97(119)124-58-80-77-30-17-13-26-73(77)74-27-14-18-31-78(74)80)130-84(81)60-128-134(120,127-53-21-48-100)132-82-55-89(129-83(82)59-125-98(66-22-9-8-10-23-66,67-37-41-69(121-6)42-38-67)68-39-43-70(122-7)44-40-68)111-61-103-90-91(111)107-94(108-93(90)116)106-87(114)45-49-101-92(115)65-35-33-64(34-36-65)56-102-96(118)123-57-79-75-28-15-11-24-71(75)72-25-12-16-29-76(72)79/h8-18,22-31,33-44,46,51,61-63,79-84,88-89H,19-21,32,45,49-50,52-60H2,1-7H3,(H,101,115)(H,102,118)(H,104,105,113,117)(H2,106,107,108,114,116)/t81-,82-,83-,84-,88-,89-,133?,134?/m1/s1. The molecule has 5 amide bonds. The number of nitriles is 2. The number of alkyl carbamates (subject to hydrolysis) is 1. The van der Waals surface area contributed by atoms with Crippen molar-refractivity contribution in [2.75, 3.05) is 84.6 Å². The first kappa shape index (κ1) is 95.4. The molecular formula is C98H104N14O20P2. The van der Waals surface area contributed by atoms with Crippen LogP contribution in [-0.2, 0) is 72.6 Å². The molecule has 34 nitrogen and oxygen atoms in total. The molecule has 4 aliphatic rings. The number of carbonyl (C=O) groups is 5. The Kier molecular flexibility index (Phi) is 31.4. The lowest BCUT2D eigenvalue weighted by molar-refractivity contribution is -0.117. The highest BCUT2D eigenvalue weighted by Crippen LogP contribution is 2.57. The second-order valence-electron chi connectivity index (χ2n) is 32.9. The lowest BCUT2D eigenvalue weighted by atomic mass is 9.80. The van der Waals surface area contributed by atoms with E-state index in [2.05, 4.69) is 71.5 Å². The van der Waals surface area contributed by atoms with Gasteiger partial charge in [-0.2, -0.15) is 20.5 Å². The third-order valence-electron chi connectivity index (χ3n) is 23.6. The van der Waals surface area contributed by atoms with Crippen LogP contribution in [0.4, 0.5) is 21.4 Å². The molecule has 0 spiro atoms. The van der Waals surface area contributed by atoms with E-state index in [1.54, 1.807) is 69.8 Å². The number of nitrogens with zero attached hydrogens (tertiary/aromatic N) is 9. The van der Waals surface area contributed by atoms with Crippen molar-refractivity contribution in [1.29, 1.82) is 10.5 Å². The summed E-state index contributed by atoms with van der Waals surface area (Å²) < 4.78 is 97.4. The van der Waals surface area contributed by atoms with E-state index < -0.39 is 113 Å². The quantitative estimate of drug-likeness (QED) is 0.0135. The number of amides is 5. The molecule has 2 unspecified atom stereocenters. The van der Waals surface area contributed by atoms with Crippen molar-refractivity contribution in [3.05, 3.63) is 290 Å². The van der Waals surface area contributed by atoms with E-state index in [1.165, 1.54) is 32.6 Å². The molecule has 8 aromatic carbocycles. The third kappa shape index (κ3) is 22.3. The minimum absolute atomic E-state index is 0.0152. The summed E-state index contributed by atoms with van der Waals surface area (Å²) in [5.74, 6) is -1.07. The van der Waals surface area contributed by atoms with Crippen molar-refractivity contribution in [2.24, 2.45) is 0 Å². The van der Waals surface area contributed by atoms with Crippen LogP contribution in [0.1, 0.15) is 152 Å². The summed E-state index contributed by atoms with van der Waals surface area (Å²) in [6.07, 6.45) is -6.28. The number of methoxy groups -OCH3 is 2. The van der Waals surface area contributed by atoms with Gasteiger partial charge in [-0.25, -0.2) is 28.6 Å². The first-order chi connectivity index (χ1) is 65.0. The molecule has 134 heavy (non-hydrogen) atoms. The van der Waals surface area contributed by atoms with Crippen molar-refractivity contribution in [3.8, 4) is 45.9 Å². The second-order valence-corrected chi connectivity index (χ2v) is 35.9. The normalized spacial score (nSPS) is 17.3. The summed E-state index contributed by atoms with van der Waals surface area (Å²) in [7, 11) is -2.37. The highest BCUT2D eigenvalue weighted by Gasteiger charge is 2.49. The Morgan fingerprint density at radius 1 is 0.612 bits per heavy atom. The van der Waals surface area contributed by atoms with Gasteiger partial charge in [-0.15, -0.1) is 0 Å². The van der Waals surface area contributed by atoms with Crippen LogP contribution >= 0.6 is 16.3 Å². The zero-order valence-electron chi connectivity index (χ0n) is 75.0. The van der Waals surface area contributed by atoms with Crippen LogP contribution in [0.15, 0.2) is 228 Å². The maximum Gasteiger partial charge on any atom is 0.475 e. The van der Waals surface area contributed by atoms with E-state index in [4.69, 9.17) is 55.8 Å². The summed E-state index contributed by atoms with van der Waals surface area (Å²) in [5, 5.41) is 30.6. The average molecular weight is 1860 g/mol. The molecule has 11 aromatic rings. The molecule has 2 fully saturated rings. The predicted octanol–water partition coefficient (Wildman–Crippen LogP) is 15.5. The van der Waals surface area contributed by atoms with E-state index in [9.17, 15) is 44.1 Å². The van der Waals surface area contributed by atoms with Crippen molar-refractivity contribution in [3.63, 3.8) is 0 Å². The van der Waals surface area contributed by atoms with Crippen LogP contribution in [0, 0.1) is 22.7 Å². The Bertz CT molecular complexity index is 6110. The molecule has 5 N–H and O–H groups in total. The number of hydrogen-bond acceptors (Lipinski definition) is 26. The number of imidazole rings is 1. The minimum atomic E-state index is -5.04. The lowest BCUT2D eigenvalue weighted by Crippen LogP contribution is -2.38. The average Bonchev–Trinajstić information content (AvgIpc) is 1.04. The van der Waals surface area contributed by atoms with Crippen LogP contribution in [0.2, 0.25) is 0 Å². The molecule has 0 bridgehead atoms. The van der Waals surface area contributed by atoms with Gasteiger partial charge in [-0.05, 0) is 143 Å². The van der Waals surface area contributed by atoms with E-state index in [0.29, 0.717) is 33.8 Å². The maximum atomic E-state index is 16.1. The number of carbonyl (C=O) groups excluding carboxylic acids is 5. The van der Waals surface area contributed by atoms with E-state index >= 15 is 4.57 Å². The third-order valence-corrected chi connectivity index (χ3v) is 27.2. The van der Waals surface area contributed by atoms with Gasteiger partial charge in [0.15, 0.2) is 11.2 Å². The second kappa shape index (κ2) is 44.1. The fourth-order valence-corrected chi connectivity index (χ4v) is 20.3. The van der Waals surface area contributed by atoms with Crippen LogP contribution in [0.25, 0.3) is 33.4 Å². The summed E-state index contributed by atoms with van der Waals surface area (Å²) in [6.45, 7) is 6.79. The molecule has 2 aliphatic heterocycles. The molecular weight excluding hydrogens is 1760 g/mol. The molecule has 0 saturated carbocycles. The van der Waals surface area contributed by atoms with E-state index in [-0.39, 0.29) is 143 Å². The summed E-state index contributed by atoms with van der Waals surface area (Å²) in [6, 6.07) is 68.0. The zero-order chi connectivity index (χ0) is 94.0. The number of nitrogens with one attached hydrogen (secondary N) is 5. The molecule has 5 heterocycles. The molecule has 3 aromatic heterocycles. The molecule has 2 aliphatic carbocycles. The number of aromatic nitrogens is 6. The maximum absolute atomic E-state index is 16.1. The summed E-state index contributed by atoms with van der Waals surface area (Å²) >= 11 is 0. The number of ether oxygens (including phenoxy) is 7. The number of rotatable bonds is 42. The monoisotopic (exact) mass is 1860 g/mol. The number of fused-ring (bicyclic) bond motifs is 7. The fourth-order valence-electron chi connectivity index (χ4n) is 17.1. The number of hydrogen-bond donors (Lipinski definition) is 5. The number of benzene rings is 8. The van der Waals surface area contributed by atoms with Crippen LogP contribution in [0.5, 0.6) is 11.5 Å². The fraction of sp³-hybridized carbons (Fsp3) is 0.347. The number of H-pyrrole nitrogens is 1. The van der Waals surface area contributed by atoms with Gasteiger partial charge in [0.05, 0.1) is 78.1 Å². The van der Waals surface area contributed by atoms with Gasteiger partial charge < -0.3 is 63.1 Å². The number of anilines is 2. The van der Waals surface area contributed by atoms with E-state index in [1.807, 2.05) is 166 Å². The van der Waals surface area contributed by atoms with Crippen LogP contribution in [0.3, 0.4) is 0 Å². The SMILES string of the molecule is COc1ccc(C(OC[C@H]2O[C@@H](n3cnc4c(=O)[nH]c(NC(=O)CCNC(=O)c5ccc(CNC(=O)OCC6c7ccccc7-c7ccccc76)cc5)nc43)C[C@H]2OP(=O)(OCCC#N)OC[C@H]2O[C@@H](n3ccc(NC(=O)CCCN(C)C(=O)OCC4c5ccccc5-c5ccccc54)nc3=O)C[C@H]2OP(OCCC#N)N(C(C)C)C(C)C)(c2ccccc2)c2ccc(OC)cc2)cc1. The molecule has 15 rings (SSSR count). The Balaban J connectivity index is 0.649. The van der Waals surface area contributed by atoms with Gasteiger partial charge >= 0.3 is 25.7 Å². The van der Waals surface area contributed by atoms with Crippen molar-refractivity contribution in [1.82, 2.24) is 49.3 Å². The highest BCUT2D eigenvalue weighted by molar-refractivity contribution is 7.48. The number of phosphoric acid groups is 1. The number of aromatic amines is 1. The molecule has 696 valence electrons. The van der Waals surface area contributed by atoms with Gasteiger partial charge in [0.25, 0.3) is 20.0 Å². The van der Waals surface area contributed by atoms with Gasteiger partial charge in [0.1, 0.15) is 66.9 Å². The van der Waals surface area contributed by atoms with Crippen molar-refractivity contribution >= 4 is 69.2 Å². The van der Waals surface area contributed by atoms with Crippen LogP contribution < -0.4 is 42.0 Å². The van der Waals surface area contributed by atoms with Gasteiger partial charge in [-0.1, -0.05) is 164 Å². The summed E-state index contributed by atoms with van der Waals surface area (Å²) in [5.41, 5.74) is 8.41. The van der Waals surface area contributed by atoms with Crippen molar-refractivity contribution < 1.29 is 84.3 Å². The Labute approximate surface area is 775 Å². The predicted molar refractivity (Wildman–Crippen MR) is 496 cm³/mol.